The van der Waals surface area contributed by atoms with E-state index in [0.717, 1.165) is 0 Å². The van der Waals surface area contributed by atoms with Gasteiger partial charge in [0.1, 0.15) is 17.3 Å². The number of benzene rings is 2. The van der Waals surface area contributed by atoms with E-state index in [-0.39, 0.29) is 10.8 Å². The van der Waals surface area contributed by atoms with Gasteiger partial charge in [0.05, 0.1) is 5.02 Å². The van der Waals surface area contributed by atoms with Crippen LogP contribution in [0.1, 0.15) is 17.3 Å². The van der Waals surface area contributed by atoms with E-state index in [1.54, 1.807) is 24.3 Å². The number of carbonyl (C=O) groups is 1. The number of ketones is 1. The first-order valence-electron chi connectivity index (χ1n) is 5.30. The van der Waals surface area contributed by atoms with Crippen LogP contribution >= 0.6 is 11.6 Å². The summed E-state index contributed by atoms with van der Waals surface area (Å²) in [4.78, 5) is 11.1. The maximum absolute atomic E-state index is 13.0. The second kappa shape index (κ2) is 5.19. The summed E-state index contributed by atoms with van der Waals surface area (Å²) in [7, 11) is 0. The lowest BCUT2D eigenvalue weighted by Gasteiger charge is -2.06. The Morgan fingerprint density at radius 3 is 2.28 bits per heavy atom. The Labute approximate surface area is 109 Å². The quantitative estimate of drug-likeness (QED) is 0.765. The van der Waals surface area contributed by atoms with Gasteiger partial charge in [0.2, 0.25) is 0 Å². The van der Waals surface area contributed by atoms with Gasteiger partial charge in [-0.3, -0.25) is 4.79 Å². The zero-order chi connectivity index (χ0) is 13.1. The summed E-state index contributed by atoms with van der Waals surface area (Å²) in [6.45, 7) is 1.50. The van der Waals surface area contributed by atoms with Gasteiger partial charge in [-0.25, -0.2) is 4.39 Å². The molecule has 0 atom stereocenters. The molecule has 0 saturated carbocycles. The van der Waals surface area contributed by atoms with Crippen LogP contribution in [0.4, 0.5) is 4.39 Å². The Balaban J connectivity index is 2.18. The molecule has 0 spiro atoms. The van der Waals surface area contributed by atoms with Crippen LogP contribution in [0.15, 0.2) is 42.5 Å². The second-order valence-corrected chi connectivity index (χ2v) is 4.17. The molecule has 2 nitrogen and oxygen atoms in total. The van der Waals surface area contributed by atoms with E-state index in [9.17, 15) is 9.18 Å². The highest BCUT2D eigenvalue weighted by molar-refractivity contribution is 6.30. The Bertz CT molecular complexity index is 579. The van der Waals surface area contributed by atoms with Crippen LogP contribution in [-0.4, -0.2) is 5.78 Å². The third-order valence-corrected chi connectivity index (χ3v) is 2.68. The molecule has 0 radical (unpaired) electrons. The lowest BCUT2D eigenvalue weighted by molar-refractivity contribution is 0.101. The zero-order valence-corrected chi connectivity index (χ0v) is 10.4. The van der Waals surface area contributed by atoms with E-state index in [4.69, 9.17) is 16.3 Å². The minimum Gasteiger partial charge on any atom is -0.457 e. The highest BCUT2D eigenvalue weighted by Crippen LogP contribution is 2.26. The van der Waals surface area contributed by atoms with Crippen molar-refractivity contribution in [1.29, 1.82) is 0 Å². The fourth-order valence-electron chi connectivity index (χ4n) is 1.43. The molecule has 0 unspecified atom stereocenters. The van der Waals surface area contributed by atoms with E-state index in [1.807, 2.05) is 0 Å². The molecule has 92 valence electrons. The number of halogens is 2. The topological polar surface area (TPSA) is 26.3 Å². The van der Waals surface area contributed by atoms with E-state index >= 15 is 0 Å². The van der Waals surface area contributed by atoms with E-state index in [2.05, 4.69) is 0 Å². The molecule has 2 aromatic rings. The third-order valence-electron chi connectivity index (χ3n) is 2.39. The molecule has 18 heavy (non-hydrogen) atoms. The standard InChI is InChI=1S/C14H10ClFO2/c1-9(17)10-2-4-11(5-3-10)18-12-6-7-14(16)13(15)8-12/h2-8H,1H3. The first-order valence-corrected chi connectivity index (χ1v) is 5.68. The molecular weight excluding hydrogens is 255 g/mol. The SMILES string of the molecule is CC(=O)c1ccc(Oc2ccc(F)c(Cl)c2)cc1. The van der Waals surface area contributed by atoms with Crippen LogP contribution < -0.4 is 4.74 Å². The van der Waals surface area contributed by atoms with Gasteiger partial charge < -0.3 is 4.74 Å². The molecule has 2 aromatic carbocycles. The number of ether oxygens (including phenoxy) is 1. The monoisotopic (exact) mass is 264 g/mol. The highest BCUT2D eigenvalue weighted by atomic mass is 35.5. The summed E-state index contributed by atoms with van der Waals surface area (Å²) in [5.74, 6) is 0.502. The number of carbonyl (C=O) groups excluding carboxylic acids is 1. The predicted octanol–water partition coefficient (Wildman–Crippen LogP) is 4.47. The lowest BCUT2D eigenvalue weighted by atomic mass is 10.1. The van der Waals surface area contributed by atoms with Crippen LogP contribution in [-0.2, 0) is 0 Å². The van der Waals surface area contributed by atoms with Crippen molar-refractivity contribution in [1.82, 2.24) is 0 Å². The Kier molecular flexibility index (Phi) is 3.63. The number of hydrogen-bond donors (Lipinski definition) is 0. The lowest BCUT2D eigenvalue weighted by Crippen LogP contribution is -1.91. The van der Waals surface area contributed by atoms with Gasteiger partial charge in [0.15, 0.2) is 5.78 Å². The van der Waals surface area contributed by atoms with Crippen molar-refractivity contribution >= 4 is 17.4 Å². The zero-order valence-electron chi connectivity index (χ0n) is 9.61. The molecule has 0 N–H and O–H groups in total. The Morgan fingerprint density at radius 1 is 1.11 bits per heavy atom. The van der Waals surface area contributed by atoms with Crippen LogP contribution in [0.25, 0.3) is 0 Å². The normalized spacial score (nSPS) is 10.2. The van der Waals surface area contributed by atoms with Crippen molar-refractivity contribution in [2.75, 3.05) is 0 Å². The summed E-state index contributed by atoms with van der Waals surface area (Å²) in [5.41, 5.74) is 0.611. The van der Waals surface area contributed by atoms with Gasteiger partial charge >= 0.3 is 0 Å². The second-order valence-electron chi connectivity index (χ2n) is 3.76. The van der Waals surface area contributed by atoms with Crippen LogP contribution in [0.5, 0.6) is 11.5 Å². The molecule has 0 heterocycles. The summed E-state index contributed by atoms with van der Waals surface area (Å²) >= 11 is 5.65. The molecule has 0 aromatic heterocycles. The van der Waals surface area contributed by atoms with Crippen molar-refractivity contribution in [3.63, 3.8) is 0 Å². The Morgan fingerprint density at radius 2 is 1.72 bits per heavy atom. The van der Waals surface area contributed by atoms with Crippen molar-refractivity contribution < 1.29 is 13.9 Å². The number of hydrogen-bond acceptors (Lipinski definition) is 2. The van der Waals surface area contributed by atoms with Crippen molar-refractivity contribution in [3.05, 3.63) is 58.9 Å². The van der Waals surface area contributed by atoms with Crippen LogP contribution in [0.3, 0.4) is 0 Å². The third kappa shape index (κ3) is 2.87. The fourth-order valence-corrected chi connectivity index (χ4v) is 1.60. The van der Waals surface area contributed by atoms with Gasteiger partial charge in [-0.15, -0.1) is 0 Å². The summed E-state index contributed by atoms with van der Waals surface area (Å²) < 4.78 is 18.4. The molecule has 0 aliphatic heterocycles. The summed E-state index contributed by atoms with van der Waals surface area (Å²) in [6, 6.07) is 10.8. The van der Waals surface area contributed by atoms with Crippen molar-refractivity contribution in [2.24, 2.45) is 0 Å². The molecule has 0 amide bonds. The van der Waals surface area contributed by atoms with E-state index < -0.39 is 5.82 Å². The first kappa shape index (κ1) is 12.6. The fraction of sp³-hybridized carbons (Fsp3) is 0.0714. The molecule has 0 aliphatic carbocycles. The van der Waals surface area contributed by atoms with Gasteiger partial charge in [-0.2, -0.15) is 0 Å². The summed E-state index contributed by atoms with van der Waals surface area (Å²) in [5, 5.41) is 0.00727. The predicted molar refractivity (Wildman–Crippen MR) is 67.9 cm³/mol. The molecule has 0 fully saturated rings. The van der Waals surface area contributed by atoms with Crippen molar-refractivity contribution in [2.45, 2.75) is 6.92 Å². The van der Waals surface area contributed by atoms with Gasteiger partial charge in [-0.1, -0.05) is 11.6 Å². The van der Waals surface area contributed by atoms with Crippen LogP contribution in [0.2, 0.25) is 5.02 Å². The molecule has 2 rings (SSSR count). The molecule has 4 heteroatoms. The summed E-state index contributed by atoms with van der Waals surface area (Å²) in [6.07, 6.45) is 0. The maximum Gasteiger partial charge on any atom is 0.159 e. The average Bonchev–Trinajstić information content (AvgIpc) is 2.34. The molecule has 0 bridgehead atoms. The van der Waals surface area contributed by atoms with Gasteiger partial charge in [-0.05, 0) is 43.3 Å². The van der Waals surface area contributed by atoms with E-state index in [1.165, 1.54) is 25.1 Å². The minimum absolute atomic E-state index is 0.00727. The first-order chi connectivity index (χ1) is 8.56. The maximum atomic E-state index is 13.0. The van der Waals surface area contributed by atoms with Crippen LogP contribution in [0, 0.1) is 5.82 Å². The number of rotatable bonds is 3. The molecule has 0 saturated heterocycles. The highest BCUT2D eigenvalue weighted by Gasteiger charge is 2.04. The van der Waals surface area contributed by atoms with Gasteiger partial charge in [0, 0.05) is 11.6 Å². The largest absolute Gasteiger partial charge is 0.457 e. The molecule has 0 aliphatic rings. The average molecular weight is 265 g/mol. The minimum atomic E-state index is -0.490. The number of Topliss-reactive ketones (excluding diaryl/α,β-unsaturated/α-hetero) is 1. The molecular formula is C14H10ClFO2. The van der Waals surface area contributed by atoms with Gasteiger partial charge in [0.25, 0.3) is 0 Å². The Hall–Kier alpha value is -1.87. The van der Waals surface area contributed by atoms with Crippen molar-refractivity contribution in [3.8, 4) is 11.5 Å². The van der Waals surface area contributed by atoms with E-state index in [0.29, 0.717) is 17.1 Å². The smallest absolute Gasteiger partial charge is 0.159 e.